The smallest absolute Gasteiger partial charge is 0.222 e. The highest BCUT2D eigenvalue weighted by Crippen LogP contribution is 2.20. The lowest BCUT2D eigenvalue weighted by atomic mass is 9.98. The first-order chi connectivity index (χ1) is 14.8. The van der Waals surface area contributed by atoms with Gasteiger partial charge in [0.1, 0.15) is 0 Å². The molecule has 1 amide bonds. The third-order valence-corrected chi connectivity index (χ3v) is 5.92. The average molecular weight is 543 g/mol. The highest BCUT2D eigenvalue weighted by molar-refractivity contribution is 14.0. The zero-order valence-corrected chi connectivity index (χ0v) is 21.2. The lowest BCUT2D eigenvalue weighted by Crippen LogP contribution is -2.38. The molecule has 174 valence electrons. The number of benzene rings is 1. The summed E-state index contributed by atoms with van der Waals surface area (Å²) >= 11 is 0. The van der Waals surface area contributed by atoms with Gasteiger partial charge in [0.2, 0.25) is 5.91 Å². The van der Waals surface area contributed by atoms with Gasteiger partial charge in [0.25, 0.3) is 0 Å². The van der Waals surface area contributed by atoms with Crippen LogP contribution in [0.5, 0.6) is 0 Å². The number of rotatable bonds is 10. The summed E-state index contributed by atoms with van der Waals surface area (Å²) in [5.41, 5.74) is 2.36. The number of carbonyl (C=O) groups is 1. The molecular formula is C24H39IN4O2. The standard InChI is InChI=1S/C24H38N4O2.HI/c1-2-25-24(26-15-9-17-30-22-12-4-3-5-13-22)27-18-20-10-6-7-11-21(20)19-28-16-8-14-23(28)29;/h6-7,10-11,22H,2-5,8-9,12-19H2,1H3,(H2,25,26,27);1H. The van der Waals surface area contributed by atoms with Gasteiger partial charge in [-0.25, -0.2) is 4.99 Å². The molecule has 0 bridgehead atoms. The molecule has 1 saturated carbocycles. The van der Waals surface area contributed by atoms with Crippen molar-refractivity contribution in [3.8, 4) is 0 Å². The largest absolute Gasteiger partial charge is 0.378 e. The number of amides is 1. The van der Waals surface area contributed by atoms with Crippen LogP contribution in [0.4, 0.5) is 0 Å². The predicted octanol–water partition coefficient (Wildman–Crippen LogP) is 4.22. The minimum atomic E-state index is 0. The maximum atomic E-state index is 12.0. The molecule has 3 rings (SSSR count). The van der Waals surface area contributed by atoms with E-state index in [1.54, 1.807) is 0 Å². The van der Waals surface area contributed by atoms with Crippen LogP contribution in [0.1, 0.15) is 69.4 Å². The average Bonchev–Trinajstić information content (AvgIpc) is 3.17. The number of ether oxygens (including phenoxy) is 1. The van der Waals surface area contributed by atoms with E-state index < -0.39 is 0 Å². The van der Waals surface area contributed by atoms with E-state index in [0.717, 1.165) is 45.0 Å². The molecule has 6 nitrogen and oxygen atoms in total. The second-order valence-corrected chi connectivity index (χ2v) is 8.29. The Morgan fingerprint density at radius 1 is 1.13 bits per heavy atom. The summed E-state index contributed by atoms with van der Waals surface area (Å²) in [6.07, 6.45) is 9.54. The SMILES string of the molecule is CCNC(=NCc1ccccc1CN1CCCC1=O)NCCCOC1CCCCC1.I. The van der Waals surface area contributed by atoms with Gasteiger partial charge < -0.3 is 20.3 Å². The van der Waals surface area contributed by atoms with Crippen molar-refractivity contribution in [1.82, 2.24) is 15.5 Å². The summed E-state index contributed by atoms with van der Waals surface area (Å²) < 4.78 is 6.01. The van der Waals surface area contributed by atoms with Gasteiger partial charge in [0.15, 0.2) is 5.96 Å². The normalized spacial score (nSPS) is 17.5. The van der Waals surface area contributed by atoms with E-state index in [0.29, 0.717) is 25.6 Å². The van der Waals surface area contributed by atoms with Gasteiger partial charge in [-0.2, -0.15) is 0 Å². The summed E-state index contributed by atoms with van der Waals surface area (Å²) in [5.74, 6) is 1.10. The maximum Gasteiger partial charge on any atom is 0.222 e. The Kier molecular flexibility index (Phi) is 12.3. The first-order valence-electron chi connectivity index (χ1n) is 11.7. The van der Waals surface area contributed by atoms with Gasteiger partial charge >= 0.3 is 0 Å². The number of guanidine groups is 1. The summed E-state index contributed by atoms with van der Waals surface area (Å²) in [4.78, 5) is 18.7. The molecular weight excluding hydrogens is 503 g/mol. The van der Waals surface area contributed by atoms with Gasteiger partial charge in [-0.05, 0) is 43.7 Å². The molecule has 1 aliphatic heterocycles. The second kappa shape index (κ2) is 14.7. The Hall–Kier alpha value is -1.35. The van der Waals surface area contributed by atoms with Gasteiger partial charge in [-0.15, -0.1) is 24.0 Å². The predicted molar refractivity (Wildman–Crippen MR) is 137 cm³/mol. The van der Waals surface area contributed by atoms with E-state index in [9.17, 15) is 4.79 Å². The Bertz CT molecular complexity index is 692. The van der Waals surface area contributed by atoms with Crippen molar-refractivity contribution in [2.24, 2.45) is 4.99 Å². The van der Waals surface area contributed by atoms with Crippen LogP contribution < -0.4 is 10.6 Å². The Morgan fingerprint density at radius 3 is 2.61 bits per heavy atom. The molecule has 1 saturated heterocycles. The number of hydrogen-bond donors (Lipinski definition) is 2. The zero-order valence-electron chi connectivity index (χ0n) is 18.9. The van der Waals surface area contributed by atoms with E-state index in [-0.39, 0.29) is 29.9 Å². The van der Waals surface area contributed by atoms with Gasteiger partial charge in [-0.1, -0.05) is 43.5 Å². The molecule has 1 aliphatic carbocycles. The van der Waals surface area contributed by atoms with Crippen molar-refractivity contribution in [2.75, 3.05) is 26.2 Å². The van der Waals surface area contributed by atoms with Gasteiger partial charge in [0, 0.05) is 39.2 Å². The number of hydrogen-bond acceptors (Lipinski definition) is 3. The number of likely N-dealkylation sites (tertiary alicyclic amines) is 1. The fourth-order valence-corrected chi connectivity index (χ4v) is 4.21. The Labute approximate surface area is 204 Å². The van der Waals surface area contributed by atoms with Gasteiger partial charge in [-0.3, -0.25) is 4.79 Å². The molecule has 2 fully saturated rings. The molecule has 0 radical (unpaired) electrons. The van der Waals surface area contributed by atoms with E-state index in [4.69, 9.17) is 9.73 Å². The van der Waals surface area contributed by atoms with E-state index in [1.165, 1.54) is 43.2 Å². The van der Waals surface area contributed by atoms with Crippen molar-refractivity contribution in [2.45, 2.75) is 77.5 Å². The minimum Gasteiger partial charge on any atom is -0.378 e. The van der Waals surface area contributed by atoms with Crippen LogP contribution in [0.2, 0.25) is 0 Å². The Morgan fingerprint density at radius 2 is 1.90 bits per heavy atom. The van der Waals surface area contributed by atoms with Crippen molar-refractivity contribution in [1.29, 1.82) is 0 Å². The zero-order chi connectivity index (χ0) is 21.0. The molecule has 0 unspecified atom stereocenters. The molecule has 31 heavy (non-hydrogen) atoms. The number of carbonyl (C=O) groups excluding carboxylic acids is 1. The molecule has 0 aromatic heterocycles. The van der Waals surface area contributed by atoms with E-state index in [2.05, 4.69) is 29.7 Å². The van der Waals surface area contributed by atoms with Crippen LogP contribution in [0, 0.1) is 0 Å². The number of nitrogens with zero attached hydrogens (tertiary/aromatic N) is 2. The van der Waals surface area contributed by atoms with Crippen LogP contribution in [0.15, 0.2) is 29.3 Å². The van der Waals surface area contributed by atoms with Crippen LogP contribution >= 0.6 is 24.0 Å². The van der Waals surface area contributed by atoms with Crippen LogP contribution in [0.3, 0.4) is 0 Å². The molecule has 2 aliphatic rings. The fraction of sp³-hybridized carbons (Fsp3) is 0.667. The van der Waals surface area contributed by atoms with Crippen molar-refractivity contribution in [3.05, 3.63) is 35.4 Å². The summed E-state index contributed by atoms with van der Waals surface area (Å²) in [7, 11) is 0. The lowest BCUT2D eigenvalue weighted by Gasteiger charge is -2.22. The summed E-state index contributed by atoms with van der Waals surface area (Å²) in [5, 5.41) is 6.75. The fourth-order valence-electron chi connectivity index (χ4n) is 4.21. The third kappa shape index (κ3) is 8.96. The van der Waals surface area contributed by atoms with Crippen molar-refractivity contribution < 1.29 is 9.53 Å². The molecule has 2 N–H and O–H groups in total. The van der Waals surface area contributed by atoms with Crippen molar-refractivity contribution in [3.63, 3.8) is 0 Å². The van der Waals surface area contributed by atoms with Gasteiger partial charge in [0.05, 0.1) is 12.6 Å². The molecule has 1 aromatic carbocycles. The van der Waals surface area contributed by atoms with Crippen LogP contribution in [0.25, 0.3) is 0 Å². The van der Waals surface area contributed by atoms with E-state index >= 15 is 0 Å². The highest BCUT2D eigenvalue weighted by Gasteiger charge is 2.20. The second-order valence-electron chi connectivity index (χ2n) is 8.29. The van der Waals surface area contributed by atoms with E-state index in [1.807, 2.05) is 17.0 Å². The first kappa shape index (κ1) is 25.9. The maximum absolute atomic E-state index is 12.0. The molecule has 7 heteroatoms. The molecule has 1 heterocycles. The third-order valence-electron chi connectivity index (χ3n) is 5.92. The monoisotopic (exact) mass is 542 g/mol. The molecule has 0 spiro atoms. The summed E-state index contributed by atoms with van der Waals surface area (Å²) in [6.45, 7) is 6.72. The Balaban J connectivity index is 0.00000341. The molecule has 1 aromatic rings. The van der Waals surface area contributed by atoms with Crippen molar-refractivity contribution >= 4 is 35.8 Å². The molecule has 0 atom stereocenters. The minimum absolute atomic E-state index is 0. The summed E-state index contributed by atoms with van der Waals surface area (Å²) in [6, 6.07) is 8.31. The van der Waals surface area contributed by atoms with Crippen LogP contribution in [-0.2, 0) is 22.6 Å². The topological polar surface area (TPSA) is 66.0 Å². The lowest BCUT2D eigenvalue weighted by molar-refractivity contribution is -0.128. The first-order valence-corrected chi connectivity index (χ1v) is 11.7. The number of halogens is 1. The number of aliphatic imine (C=N–C) groups is 1. The van der Waals surface area contributed by atoms with Crippen LogP contribution in [-0.4, -0.2) is 49.1 Å². The number of nitrogens with one attached hydrogen (secondary N) is 2. The highest BCUT2D eigenvalue weighted by atomic mass is 127. The quantitative estimate of drug-likeness (QED) is 0.201.